The molecule has 0 atom stereocenters. The molecule has 0 radical (unpaired) electrons. The number of rotatable bonds is 6. The van der Waals surface area contributed by atoms with Crippen LogP contribution in [0.25, 0.3) is 15.9 Å². The molecule has 0 aliphatic rings. The highest BCUT2D eigenvalue weighted by Gasteiger charge is 2.19. The molecule has 170 valence electrons. The number of thioether (sulfide) groups is 1. The standard InChI is InChI=1S/C24H21ClFN3O2S2/c1-4-19-14(3)21-22(33-19)28-24(29(23(21)31)16-8-5-13(2)6-9-16)32-12-20(30)27-15-7-10-18(26)17(25)11-15/h5-11H,4,12H2,1-3H3,(H,27,30). The van der Waals surface area contributed by atoms with Gasteiger partial charge in [0.1, 0.15) is 10.6 Å². The zero-order chi connectivity index (χ0) is 23.7. The van der Waals surface area contributed by atoms with Crippen LogP contribution in [0.3, 0.4) is 0 Å². The van der Waals surface area contributed by atoms with E-state index in [9.17, 15) is 14.0 Å². The van der Waals surface area contributed by atoms with Crippen molar-refractivity contribution >= 4 is 56.5 Å². The van der Waals surface area contributed by atoms with E-state index in [0.717, 1.165) is 22.4 Å². The van der Waals surface area contributed by atoms with Gasteiger partial charge in [0, 0.05) is 10.6 Å². The summed E-state index contributed by atoms with van der Waals surface area (Å²) in [6, 6.07) is 11.6. The Hall–Kier alpha value is -2.68. The quantitative estimate of drug-likeness (QED) is 0.254. The molecule has 0 unspecified atom stereocenters. The van der Waals surface area contributed by atoms with E-state index in [1.54, 1.807) is 4.57 Å². The second-order valence-corrected chi connectivity index (χ2v) is 9.95. The monoisotopic (exact) mass is 501 g/mol. The Morgan fingerprint density at radius 2 is 1.94 bits per heavy atom. The number of thiophene rings is 1. The number of aromatic nitrogens is 2. The summed E-state index contributed by atoms with van der Waals surface area (Å²) in [5, 5.41) is 3.68. The SMILES string of the molecule is CCc1sc2nc(SCC(=O)Nc3ccc(F)c(Cl)c3)n(-c3ccc(C)cc3)c(=O)c2c1C. The molecule has 0 bridgehead atoms. The van der Waals surface area contributed by atoms with E-state index in [2.05, 4.69) is 12.2 Å². The molecule has 9 heteroatoms. The van der Waals surface area contributed by atoms with Crippen molar-refractivity contribution in [2.45, 2.75) is 32.3 Å². The predicted octanol–water partition coefficient (Wildman–Crippen LogP) is 6.15. The van der Waals surface area contributed by atoms with Crippen LogP contribution in [0, 0.1) is 19.7 Å². The molecule has 0 fully saturated rings. The van der Waals surface area contributed by atoms with Crippen molar-refractivity contribution in [1.29, 1.82) is 0 Å². The van der Waals surface area contributed by atoms with Gasteiger partial charge in [0.2, 0.25) is 5.91 Å². The molecule has 33 heavy (non-hydrogen) atoms. The van der Waals surface area contributed by atoms with Crippen LogP contribution in [0.15, 0.2) is 52.4 Å². The van der Waals surface area contributed by atoms with E-state index in [1.807, 2.05) is 38.1 Å². The Balaban J connectivity index is 1.70. The third-order valence-corrected chi connectivity index (χ3v) is 7.74. The number of nitrogens with one attached hydrogen (secondary N) is 1. The Morgan fingerprint density at radius 1 is 1.21 bits per heavy atom. The fourth-order valence-corrected chi connectivity index (χ4v) is 5.62. The van der Waals surface area contributed by atoms with Crippen LogP contribution in [0.2, 0.25) is 5.02 Å². The number of nitrogens with zero attached hydrogens (tertiary/aromatic N) is 2. The average molecular weight is 502 g/mol. The van der Waals surface area contributed by atoms with Crippen molar-refractivity contribution in [3.63, 3.8) is 0 Å². The van der Waals surface area contributed by atoms with Crippen molar-refractivity contribution in [3.05, 3.63) is 79.7 Å². The van der Waals surface area contributed by atoms with Gasteiger partial charge in [-0.25, -0.2) is 9.37 Å². The van der Waals surface area contributed by atoms with Gasteiger partial charge in [-0.3, -0.25) is 14.2 Å². The summed E-state index contributed by atoms with van der Waals surface area (Å²) in [7, 11) is 0. The van der Waals surface area contributed by atoms with Crippen molar-refractivity contribution in [2.24, 2.45) is 0 Å². The highest BCUT2D eigenvalue weighted by atomic mass is 35.5. The van der Waals surface area contributed by atoms with Crippen LogP contribution >= 0.6 is 34.7 Å². The number of amides is 1. The fraction of sp³-hybridized carbons (Fsp3) is 0.208. The van der Waals surface area contributed by atoms with Gasteiger partial charge in [0.25, 0.3) is 5.56 Å². The molecule has 1 N–H and O–H groups in total. The number of halogens is 2. The average Bonchev–Trinajstić information content (AvgIpc) is 3.11. The van der Waals surface area contributed by atoms with Crippen molar-refractivity contribution < 1.29 is 9.18 Å². The van der Waals surface area contributed by atoms with Gasteiger partial charge in [-0.2, -0.15) is 0 Å². The zero-order valence-electron chi connectivity index (χ0n) is 18.2. The Morgan fingerprint density at radius 3 is 2.61 bits per heavy atom. The Kier molecular flexibility index (Phi) is 6.88. The fourth-order valence-electron chi connectivity index (χ4n) is 3.47. The maximum atomic E-state index is 13.6. The second kappa shape index (κ2) is 9.67. The van der Waals surface area contributed by atoms with E-state index < -0.39 is 5.82 Å². The highest BCUT2D eigenvalue weighted by molar-refractivity contribution is 7.99. The van der Waals surface area contributed by atoms with Crippen molar-refractivity contribution in [3.8, 4) is 5.69 Å². The molecule has 4 aromatic rings. The zero-order valence-corrected chi connectivity index (χ0v) is 20.6. The Labute approximate surface area is 203 Å². The highest BCUT2D eigenvalue weighted by Crippen LogP contribution is 2.30. The topological polar surface area (TPSA) is 64.0 Å². The molecular weight excluding hydrogens is 481 g/mol. The van der Waals surface area contributed by atoms with Gasteiger partial charge >= 0.3 is 0 Å². The van der Waals surface area contributed by atoms with Gasteiger partial charge in [0.15, 0.2) is 5.16 Å². The summed E-state index contributed by atoms with van der Waals surface area (Å²) >= 11 is 8.47. The molecule has 0 aliphatic heterocycles. The van der Waals surface area contributed by atoms with E-state index in [4.69, 9.17) is 16.6 Å². The molecule has 4 rings (SSSR count). The number of benzene rings is 2. The number of carbonyl (C=O) groups excluding carboxylic acids is 1. The van der Waals surface area contributed by atoms with Crippen LogP contribution in [0.5, 0.6) is 0 Å². The normalized spacial score (nSPS) is 11.2. The van der Waals surface area contributed by atoms with Crippen LogP contribution in [0.1, 0.15) is 22.9 Å². The van der Waals surface area contributed by atoms with Crippen LogP contribution in [-0.2, 0) is 11.2 Å². The first-order valence-corrected chi connectivity index (χ1v) is 12.5. The first-order valence-electron chi connectivity index (χ1n) is 10.3. The van der Waals surface area contributed by atoms with E-state index in [1.165, 1.54) is 41.3 Å². The summed E-state index contributed by atoms with van der Waals surface area (Å²) in [6.45, 7) is 5.98. The number of fused-ring (bicyclic) bond motifs is 1. The lowest BCUT2D eigenvalue weighted by atomic mass is 10.2. The Bertz CT molecular complexity index is 1410. The van der Waals surface area contributed by atoms with Crippen molar-refractivity contribution in [2.75, 3.05) is 11.1 Å². The molecule has 0 aliphatic carbocycles. The number of carbonyl (C=O) groups is 1. The smallest absolute Gasteiger partial charge is 0.267 e. The number of aryl methyl sites for hydroxylation is 3. The summed E-state index contributed by atoms with van der Waals surface area (Å²) in [6.07, 6.45) is 0.821. The molecule has 2 aromatic carbocycles. The first kappa shape index (κ1) is 23.5. The van der Waals surface area contributed by atoms with Crippen LogP contribution in [-0.4, -0.2) is 21.2 Å². The van der Waals surface area contributed by atoms with Gasteiger partial charge in [-0.15, -0.1) is 11.3 Å². The maximum Gasteiger partial charge on any atom is 0.267 e. The summed E-state index contributed by atoms with van der Waals surface area (Å²) < 4.78 is 14.9. The van der Waals surface area contributed by atoms with Gasteiger partial charge in [0.05, 0.1) is 21.8 Å². The molecule has 2 heterocycles. The summed E-state index contributed by atoms with van der Waals surface area (Å²) in [4.78, 5) is 32.7. The predicted molar refractivity (Wildman–Crippen MR) is 135 cm³/mol. The number of hydrogen-bond donors (Lipinski definition) is 1. The second-order valence-electron chi connectivity index (χ2n) is 7.52. The van der Waals surface area contributed by atoms with Crippen molar-refractivity contribution in [1.82, 2.24) is 9.55 Å². The van der Waals surface area contributed by atoms with Gasteiger partial charge in [-0.1, -0.05) is 48.0 Å². The molecule has 2 aromatic heterocycles. The number of hydrogen-bond acceptors (Lipinski definition) is 5. The minimum atomic E-state index is -0.554. The van der Waals surface area contributed by atoms with E-state index in [0.29, 0.717) is 26.7 Å². The largest absolute Gasteiger partial charge is 0.325 e. The molecule has 5 nitrogen and oxygen atoms in total. The first-order chi connectivity index (χ1) is 15.8. The lowest BCUT2D eigenvalue weighted by molar-refractivity contribution is -0.113. The van der Waals surface area contributed by atoms with Gasteiger partial charge in [-0.05, 0) is 56.2 Å². The van der Waals surface area contributed by atoms with Gasteiger partial charge < -0.3 is 5.32 Å². The summed E-state index contributed by atoms with van der Waals surface area (Å²) in [5.74, 6) is -0.852. The minimum Gasteiger partial charge on any atom is -0.325 e. The molecular formula is C24H21ClFN3O2S2. The summed E-state index contributed by atoms with van der Waals surface area (Å²) in [5.41, 5.74) is 2.97. The van der Waals surface area contributed by atoms with E-state index >= 15 is 0 Å². The third kappa shape index (κ3) is 4.83. The van der Waals surface area contributed by atoms with Crippen LogP contribution in [0.4, 0.5) is 10.1 Å². The molecule has 0 spiro atoms. The maximum absolute atomic E-state index is 13.6. The number of anilines is 1. The van der Waals surface area contributed by atoms with E-state index in [-0.39, 0.29) is 22.2 Å². The van der Waals surface area contributed by atoms with Crippen LogP contribution < -0.4 is 10.9 Å². The third-order valence-electron chi connectivity index (χ3n) is 5.18. The minimum absolute atomic E-state index is 0.0177. The lowest BCUT2D eigenvalue weighted by Gasteiger charge is -2.13. The molecule has 0 saturated heterocycles. The lowest BCUT2D eigenvalue weighted by Crippen LogP contribution is -2.23. The molecule has 1 amide bonds. The molecule has 0 saturated carbocycles.